The summed E-state index contributed by atoms with van der Waals surface area (Å²) in [6, 6.07) is 0. The Morgan fingerprint density at radius 2 is 1.75 bits per heavy atom. The molecular formula is C14H31NSi. The van der Waals surface area contributed by atoms with Gasteiger partial charge in [-0.2, -0.15) is 0 Å². The molecule has 0 aromatic heterocycles. The van der Waals surface area contributed by atoms with Crippen molar-refractivity contribution in [1.82, 2.24) is 4.57 Å². The first-order chi connectivity index (χ1) is 7.27. The molecule has 0 amide bonds. The molecule has 0 aliphatic heterocycles. The Morgan fingerprint density at radius 3 is 2.12 bits per heavy atom. The molecule has 0 aromatic rings. The summed E-state index contributed by atoms with van der Waals surface area (Å²) in [7, 11) is -1.33. The van der Waals surface area contributed by atoms with Crippen molar-refractivity contribution in [3.8, 4) is 0 Å². The largest absolute Gasteiger partial charge is 0.320 e. The molecule has 1 nitrogen and oxygen atoms in total. The number of rotatable bonds is 6. The summed E-state index contributed by atoms with van der Waals surface area (Å²) in [6.07, 6.45) is 7.09. The molecule has 0 N–H and O–H groups in total. The summed E-state index contributed by atoms with van der Waals surface area (Å²) in [4.78, 5) is 0. The average molecular weight is 241 g/mol. The third kappa shape index (κ3) is 4.42. The Bertz CT molecular complexity index is 213. The van der Waals surface area contributed by atoms with Crippen molar-refractivity contribution >= 4 is 8.24 Å². The first-order valence-corrected chi connectivity index (χ1v) is 9.58. The van der Waals surface area contributed by atoms with Crippen LogP contribution in [0.2, 0.25) is 18.1 Å². The average Bonchev–Trinajstić information content (AvgIpc) is 2.16. The zero-order valence-electron chi connectivity index (χ0n) is 12.4. The lowest BCUT2D eigenvalue weighted by atomic mass is 10.2. The third-order valence-corrected chi connectivity index (χ3v) is 9.63. The second kappa shape index (κ2) is 6.60. The highest BCUT2D eigenvalue weighted by Crippen LogP contribution is 2.38. The molecular weight excluding hydrogens is 210 g/mol. The molecule has 2 heteroatoms. The minimum atomic E-state index is -1.33. The summed E-state index contributed by atoms with van der Waals surface area (Å²) in [5.74, 6) is 0. The Hall–Kier alpha value is -0.0831. The van der Waals surface area contributed by atoms with Gasteiger partial charge < -0.3 is 4.57 Å². The van der Waals surface area contributed by atoms with Gasteiger partial charge in [0.25, 0.3) is 0 Å². The fourth-order valence-corrected chi connectivity index (χ4v) is 3.88. The molecule has 0 unspecified atom stereocenters. The topological polar surface area (TPSA) is 3.24 Å². The smallest absolute Gasteiger partial charge is 0.127 e. The van der Waals surface area contributed by atoms with Crippen LogP contribution in [0, 0.1) is 0 Å². The molecule has 0 bridgehead atoms. The molecule has 0 aromatic carbocycles. The van der Waals surface area contributed by atoms with Gasteiger partial charge in [-0.15, -0.1) is 0 Å². The molecule has 0 heterocycles. The molecule has 0 aliphatic rings. The zero-order valence-corrected chi connectivity index (χ0v) is 13.4. The van der Waals surface area contributed by atoms with E-state index in [1.165, 1.54) is 19.4 Å². The zero-order chi connectivity index (χ0) is 12.8. The van der Waals surface area contributed by atoms with Gasteiger partial charge in [-0.25, -0.2) is 0 Å². The van der Waals surface area contributed by atoms with Crippen LogP contribution < -0.4 is 0 Å². The van der Waals surface area contributed by atoms with Crippen molar-refractivity contribution in [2.45, 2.75) is 65.6 Å². The van der Waals surface area contributed by atoms with Crippen LogP contribution in [0.25, 0.3) is 0 Å². The SMILES string of the molecule is CC=CCN(CCCC)[Si](C)(C)C(C)(C)C. The van der Waals surface area contributed by atoms with Crippen LogP contribution in [0.1, 0.15) is 47.5 Å². The van der Waals surface area contributed by atoms with E-state index >= 15 is 0 Å². The first kappa shape index (κ1) is 15.9. The monoisotopic (exact) mass is 241 g/mol. The van der Waals surface area contributed by atoms with E-state index in [-0.39, 0.29) is 0 Å². The highest BCUT2D eigenvalue weighted by Gasteiger charge is 2.39. The molecule has 0 saturated heterocycles. The minimum absolute atomic E-state index is 0.447. The van der Waals surface area contributed by atoms with Crippen molar-refractivity contribution in [1.29, 1.82) is 0 Å². The Morgan fingerprint density at radius 1 is 1.19 bits per heavy atom. The number of allylic oxidation sites excluding steroid dienone is 1. The van der Waals surface area contributed by atoms with E-state index < -0.39 is 8.24 Å². The van der Waals surface area contributed by atoms with Gasteiger partial charge in [0.15, 0.2) is 0 Å². The first-order valence-electron chi connectivity index (χ1n) is 6.63. The van der Waals surface area contributed by atoms with E-state index in [0.29, 0.717) is 5.04 Å². The van der Waals surface area contributed by atoms with Crippen molar-refractivity contribution < 1.29 is 0 Å². The molecule has 0 saturated carbocycles. The summed E-state index contributed by atoms with van der Waals surface area (Å²) >= 11 is 0. The quantitative estimate of drug-likeness (QED) is 0.482. The lowest BCUT2D eigenvalue weighted by molar-refractivity contribution is 0.422. The Kier molecular flexibility index (Phi) is 6.57. The van der Waals surface area contributed by atoms with Gasteiger partial charge in [0.1, 0.15) is 8.24 Å². The number of hydrogen-bond acceptors (Lipinski definition) is 1. The van der Waals surface area contributed by atoms with Crippen molar-refractivity contribution in [2.24, 2.45) is 0 Å². The van der Waals surface area contributed by atoms with E-state index in [1.807, 2.05) is 0 Å². The fraction of sp³-hybridized carbons (Fsp3) is 0.857. The molecule has 0 rings (SSSR count). The normalized spacial score (nSPS) is 14.0. The van der Waals surface area contributed by atoms with Crippen LogP contribution >= 0.6 is 0 Å². The maximum atomic E-state index is 2.75. The minimum Gasteiger partial charge on any atom is -0.320 e. The lowest BCUT2D eigenvalue weighted by Gasteiger charge is -2.45. The second-order valence-corrected chi connectivity index (χ2v) is 11.4. The second-order valence-electron chi connectivity index (χ2n) is 6.18. The highest BCUT2D eigenvalue weighted by atomic mass is 28.3. The Labute approximate surface area is 104 Å². The van der Waals surface area contributed by atoms with E-state index in [0.717, 1.165) is 6.54 Å². The predicted molar refractivity (Wildman–Crippen MR) is 78.5 cm³/mol. The summed E-state index contributed by atoms with van der Waals surface area (Å²) in [6.45, 7) is 19.0. The Balaban J connectivity index is 4.71. The van der Waals surface area contributed by atoms with Crippen molar-refractivity contribution in [3.63, 3.8) is 0 Å². The van der Waals surface area contributed by atoms with Crippen LogP contribution in [0.5, 0.6) is 0 Å². The van der Waals surface area contributed by atoms with Crippen LogP contribution in [-0.2, 0) is 0 Å². The maximum Gasteiger partial charge on any atom is 0.127 e. The number of nitrogens with zero attached hydrogens (tertiary/aromatic N) is 1. The highest BCUT2D eigenvalue weighted by molar-refractivity contribution is 6.77. The molecule has 96 valence electrons. The number of hydrogen-bond donors (Lipinski definition) is 0. The standard InChI is InChI=1S/C14H31NSi/c1-8-10-12-15(13-11-9-2)16(6,7)14(3,4)5/h8,10H,9,11-13H2,1-7H3. The van der Waals surface area contributed by atoms with Gasteiger partial charge in [0, 0.05) is 6.54 Å². The molecule has 0 atom stereocenters. The van der Waals surface area contributed by atoms with Gasteiger partial charge in [-0.3, -0.25) is 0 Å². The van der Waals surface area contributed by atoms with E-state index in [2.05, 4.69) is 64.4 Å². The van der Waals surface area contributed by atoms with Crippen molar-refractivity contribution in [2.75, 3.05) is 13.1 Å². The summed E-state index contributed by atoms with van der Waals surface area (Å²) in [5.41, 5.74) is 0. The molecule has 0 radical (unpaired) electrons. The van der Waals surface area contributed by atoms with Crippen LogP contribution in [0.4, 0.5) is 0 Å². The van der Waals surface area contributed by atoms with E-state index in [4.69, 9.17) is 0 Å². The summed E-state index contributed by atoms with van der Waals surface area (Å²) in [5, 5.41) is 0.447. The van der Waals surface area contributed by atoms with Gasteiger partial charge in [-0.1, -0.05) is 59.4 Å². The molecule has 0 spiro atoms. The van der Waals surface area contributed by atoms with Crippen LogP contribution in [0.15, 0.2) is 12.2 Å². The summed E-state index contributed by atoms with van der Waals surface area (Å²) < 4.78 is 2.75. The molecule has 0 fully saturated rings. The lowest BCUT2D eigenvalue weighted by Crippen LogP contribution is -2.55. The number of unbranched alkanes of at least 4 members (excludes halogenated alkanes) is 1. The molecule has 0 aliphatic carbocycles. The van der Waals surface area contributed by atoms with Crippen molar-refractivity contribution in [3.05, 3.63) is 12.2 Å². The van der Waals surface area contributed by atoms with Gasteiger partial charge in [0.05, 0.1) is 0 Å². The van der Waals surface area contributed by atoms with Crippen LogP contribution in [-0.4, -0.2) is 25.9 Å². The van der Waals surface area contributed by atoms with E-state index in [9.17, 15) is 0 Å². The predicted octanol–water partition coefficient (Wildman–Crippen LogP) is 4.67. The maximum absolute atomic E-state index is 2.75. The van der Waals surface area contributed by atoms with Gasteiger partial charge in [-0.05, 0) is 24.9 Å². The van der Waals surface area contributed by atoms with Crippen LogP contribution in [0.3, 0.4) is 0 Å². The van der Waals surface area contributed by atoms with Gasteiger partial charge in [0.2, 0.25) is 0 Å². The molecule has 16 heavy (non-hydrogen) atoms. The van der Waals surface area contributed by atoms with Gasteiger partial charge >= 0.3 is 0 Å². The fourth-order valence-electron chi connectivity index (χ4n) is 1.65. The van der Waals surface area contributed by atoms with E-state index in [1.54, 1.807) is 0 Å². The third-order valence-electron chi connectivity index (χ3n) is 3.97.